The van der Waals surface area contributed by atoms with Crippen LogP contribution in [0.2, 0.25) is 0 Å². The summed E-state index contributed by atoms with van der Waals surface area (Å²) in [5.41, 5.74) is 3.25. The third kappa shape index (κ3) is 2.34. The first-order valence-electron chi connectivity index (χ1n) is 8.09. The average molecular weight is 351 g/mol. The zero-order chi connectivity index (χ0) is 18.4. The average Bonchev–Trinajstić information content (AvgIpc) is 3.08. The van der Waals surface area contributed by atoms with Gasteiger partial charge in [0, 0.05) is 40.7 Å². The number of aromatic amines is 1. The van der Waals surface area contributed by atoms with Gasteiger partial charge in [-0.1, -0.05) is 6.07 Å². The predicted octanol–water partition coefficient (Wildman–Crippen LogP) is 4.33. The highest BCUT2D eigenvalue weighted by Crippen LogP contribution is 2.32. The number of H-pyrrole nitrogens is 1. The van der Waals surface area contributed by atoms with Crippen molar-refractivity contribution in [2.24, 2.45) is 0 Å². The summed E-state index contributed by atoms with van der Waals surface area (Å²) in [6, 6.07) is 10.1. The first-order valence-corrected chi connectivity index (χ1v) is 8.09. The minimum absolute atomic E-state index is 0.189. The molecule has 0 bridgehead atoms. The molecule has 0 saturated carbocycles. The van der Waals surface area contributed by atoms with E-state index in [0.717, 1.165) is 5.39 Å². The normalized spacial score (nSPS) is 11.2. The van der Waals surface area contributed by atoms with Crippen LogP contribution in [0, 0.1) is 18.6 Å². The van der Waals surface area contributed by atoms with Gasteiger partial charge in [0.15, 0.2) is 11.6 Å². The second-order valence-corrected chi connectivity index (χ2v) is 6.07. The maximum Gasteiger partial charge on any atom is 0.251 e. The van der Waals surface area contributed by atoms with Gasteiger partial charge in [0.25, 0.3) is 5.91 Å². The number of aromatic nitrogens is 2. The Labute approximate surface area is 147 Å². The topological polar surface area (TPSA) is 57.8 Å². The molecule has 0 aliphatic heterocycles. The van der Waals surface area contributed by atoms with E-state index in [-0.39, 0.29) is 11.5 Å². The SMILES string of the molecule is CNC(=O)c1cccc2nc(-c3c[nH]c4c(C)c(F)c(F)cc34)ccc12. The molecule has 6 heteroatoms. The quantitative estimate of drug-likeness (QED) is 0.565. The highest BCUT2D eigenvalue weighted by molar-refractivity contribution is 6.06. The van der Waals surface area contributed by atoms with Crippen molar-refractivity contribution in [1.29, 1.82) is 0 Å². The van der Waals surface area contributed by atoms with E-state index in [2.05, 4.69) is 15.3 Å². The number of aryl methyl sites for hydroxylation is 1. The third-order valence-corrected chi connectivity index (χ3v) is 4.58. The molecule has 4 aromatic rings. The number of halogens is 2. The Bertz CT molecular complexity index is 1180. The van der Waals surface area contributed by atoms with Crippen molar-refractivity contribution >= 4 is 27.7 Å². The molecular weight excluding hydrogens is 336 g/mol. The summed E-state index contributed by atoms with van der Waals surface area (Å²) in [6.07, 6.45) is 1.69. The summed E-state index contributed by atoms with van der Waals surface area (Å²) < 4.78 is 27.6. The Hall–Kier alpha value is -3.28. The summed E-state index contributed by atoms with van der Waals surface area (Å²) in [4.78, 5) is 19.6. The Morgan fingerprint density at radius 1 is 1.15 bits per heavy atom. The van der Waals surface area contributed by atoms with Crippen LogP contribution in [0.4, 0.5) is 8.78 Å². The Morgan fingerprint density at radius 2 is 1.96 bits per heavy atom. The van der Waals surface area contributed by atoms with Crippen LogP contribution in [0.15, 0.2) is 42.6 Å². The van der Waals surface area contributed by atoms with Crippen molar-refractivity contribution in [1.82, 2.24) is 15.3 Å². The lowest BCUT2D eigenvalue weighted by molar-refractivity contribution is 0.0964. The number of rotatable bonds is 2. The number of benzene rings is 2. The molecule has 26 heavy (non-hydrogen) atoms. The van der Waals surface area contributed by atoms with Crippen molar-refractivity contribution in [2.75, 3.05) is 7.05 Å². The van der Waals surface area contributed by atoms with Gasteiger partial charge in [-0.3, -0.25) is 4.79 Å². The van der Waals surface area contributed by atoms with Gasteiger partial charge >= 0.3 is 0 Å². The molecule has 0 fully saturated rings. The molecule has 1 amide bonds. The van der Waals surface area contributed by atoms with Crippen molar-refractivity contribution in [3.8, 4) is 11.3 Å². The fourth-order valence-electron chi connectivity index (χ4n) is 3.22. The Balaban J connectivity index is 1.93. The predicted molar refractivity (Wildman–Crippen MR) is 97.1 cm³/mol. The number of nitrogens with one attached hydrogen (secondary N) is 2. The van der Waals surface area contributed by atoms with Crippen LogP contribution >= 0.6 is 0 Å². The van der Waals surface area contributed by atoms with E-state index in [4.69, 9.17) is 0 Å². The second kappa shape index (κ2) is 5.91. The van der Waals surface area contributed by atoms with Crippen LogP contribution in [-0.2, 0) is 0 Å². The standard InChI is InChI=1S/C20H15F2N3O/c1-10-18(22)15(21)8-13-14(9-24-19(10)13)17-7-6-11-12(20(26)23-2)4-3-5-16(11)25-17/h3-9,24H,1-2H3,(H,23,26). The summed E-state index contributed by atoms with van der Waals surface area (Å²) in [5.74, 6) is -1.93. The van der Waals surface area contributed by atoms with E-state index >= 15 is 0 Å². The molecule has 2 N–H and O–H groups in total. The zero-order valence-electron chi connectivity index (χ0n) is 14.2. The van der Waals surface area contributed by atoms with E-state index in [1.54, 1.807) is 31.4 Å². The van der Waals surface area contributed by atoms with Crippen molar-refractivity contribution in [3.63, 3.8) is 0 Å². The maximum atomic E-state index is 13.9. The van der Waals surface area contributed by atoms with E-state index in [0.29, 0.717) is 33.2 Å². The minimum atomic E-state index is -0.890. The van der Waals surface area contributed by atoms with Crippen LogP contribution < -0.4 is 5.32 Å². The molecule has 4 nitrogen and oxygen atoms in total. The summed E-state index contributed by atoms with van der Waals surface area (Å²) in [6.45, 7) is 1.53. The number of carbonyl (C=O) groups excluding carboxylic acids is 1. The molecule has 0 radical (unpaired) electrons. The molecule has 2 aromatic heterocycles. The zero-order valence-corrected chi connectivity index (χ0v) is 14.2. The van der Waals surface area contributed by atoms with Crippen molar-refractivity contribution in [3.05, 3.63) is 65.4 Å². The highest BCUT2D eigenvalue weighted by Gasteiger charge is 2.16. The Kier molecular flexibility index (Phi) is 3.68. The number of hydrogen-bond acceptors (Lipinski definition) is 2. The van der Waals surface area contributed by atoms with Crippen LogP contribution in [0.25, 0.3) is 33.1 Å². The molecule has 2 heterocycles. The van der Waals surface area contributed by atoms with Gasteiger partial charge in [-0.25, -0.2) is 13.8 Å². The molecule has 0 spiro atoms. The molecule has 2 aromatic carbocycles. The van der Waals surface area contributed by atoms with Crippen LogP contribution in [-0.4, -0.2) is 22.9 Å². The monoisotopic (exact) mass is 351 g/mol. The number of amides is 1. The van der Waals surface area contributed by atoms with E-state index in [1.807, 2.05) is 12.1 Å². The smallest absolute Gasteiger partial charge is 0.251 e. The lowest BCUT2D eigenvalue weighted by Gasteiger charge is -2.07. The van der Waals surface area contributed by atoms with Gasteiger partial charge in [-0.15, -0.1) is 0 Å². The molecule has 0 aliphatic rings. The largest absolute Gasteiger partial charge is 0.360 e. The Morgan fingerprint density at radius 3 is 2.73 bits per heavy atom. The van der Waals surface area contributed by atoms with E-state index in [9.17, 15) is 13.6 Å². The number of hydrogen-bond donors (Lipinski definition) is 2. The first kappa shape index (κ1) is 16.2. The van der Waals surface area contributed by atoms with Crippen molar-refractivity contribution in [2.45, 2.75) is 6.92 Å². The first-order chi connectivity index (χ1) is 12.5. The van der Waals surface area contributed by atoms with Gasteiger partial charge in [-0.2, -0.15) is 0 Å². The number of nitrogens with zero attached hydrogens (tertiary/aromatic N) is 1. The maximum absolute atomic E-state index is 13.9. The molecule has 0 unspecified atom stereocenters. The van der Waals surface area contributed by atoms with Crippen molar-refractivity contribution < 1.29 is 13.6 Å². The van der Waals surface area contributed by atoms with Crippen LogP contribution in [0.3, 0.4) is 0 Å². The number of carbonyl (C=O) groups is 1. The summed E-state index contributed by atoms with van der Waals surface area (Å²) in [5, 5.41) is 3.90. The molecule has 130 valence electrons. The minimum Gasteiger partial charge on any atom is -0.360 e. The highest BCUT2D eigenvalue weighted by atomic mass is 19.2. The lowest BCUT2D eigenvalue weighted by atomic mass is 10.0. The van der Waals surface area contributed by atoms with Gasteiger partial charge in [-0.05, 0) is 37.3 Å². The van der Waals surface area contributed by atoms with Crippen LogP contribution in [0.1, 0.15) is 15.9 Å². The second-order valence-electron chi connectivity index (χ2n) is 6.07. The molecule has 0 aliphatic carbocycles. The lowest BCUT2D eigenvalue weighted by Crippen LogP contribution is -2.18. The number of fused-ring (bicyclic) bond motifs is 2. The summed E-state index contributed by atoms with van der Waals surface area (Å²) >= 11 is 0. The molecular formula is C20H15F2N3O. The van der Waals surface area contributed by atoms with E-state index < -0.39 is 11.6 Å². The van der Waals surface area contributed by atoms with Gasteiger partial charge in [0.1, 0.15) is 0 Å². The molecule has 0 atom stereocenters. The van der Waals surface area contributed by atoms with Crippen LogP contribution in [0.5, 0.6) is 0 Å². The summed E-state index contributed by atoms with van der Waals surface area (Å²) in [7, 11) is 1.57. The van der Waals surface area contributed by atoms with Gasteiger partial charge in [0.2, 0.25) is 0 Å². The molecule has 0 saturated heterocycles. The number of pyridine rings is 1. The third-order valence-electron chi connectivity index (χ3n) is 4.58. The fraction of sp³-hybridized carbons (Fsp3) is 0.100. The van der Waals surface area contributed by atoms with Gasteiger partial charge in [0.05, 0.1) is 16.7 Å². The fourth-order valence-corrected chi connectivity index (χ4v) is 3.22. The van der Waals surface area contributed by atoms with Gasteiger partial charge < -0.3 is 10.3 Å². The molecule has 4 rings (SSSR count). The van der Waals surface area contributed by atoms with E-state index in [1.165, 1.54) is 13.0 Å².